The van der Waals surface area contributed by atoms with E-state index in [4.69, 9.17) is 11.6 Å². The number of nitrogens with one attached hydrogen (secondary N) is 1. The molecule has 3 rings (SSSR count). The molecule has 1 N–H and O–H groups in total. The van der Waals surface area contributed by atoms with Crippen LogP contribution < -0.4 is 14.5 Å². The molecule has 0 radical (unpaired) electrons. The summed E-state index contributed by atoms with van der Waals surface area (Å²) in [5, 5.41) is 3.37. The van der Waals surface area contributed by atoms with Gasteiger partial charge in [0, 0.05) is 23.8 Å². The molecule has 1 aliphatic rings. The second-order valence-electron chi connectivity index (χ2n) is 8.73. The average Bonchev–Trinajstić information content (AvgIpc) is 2.73. The number of rotatable bonds is 7. The molecule has 0 saturated carbocycles. The Morgan fingerprint density at radius 1 is 1.25 bits per heavy atom. The highest BCUT2D eigenvalue weighted by Crippen LogP contribution is 2.28. The molecule has 0 bridgehead atoms. The summed E-state index contributed by atoms with van der Waals surface area (Å²) < 4.78 is 25.9. The Hall–Kier alpha value is -2.25. The first-order valence-corrected chi connectivity index (χ1v) is 13.2. The Bertz CT molecular complexity index is 1060. The van der Waals surface area contributed by atoms with Gasteiger partial charge in [0.25, 0.3) is 0 Å². The molecule has 2 aromatic carbocycles. The van der Waals surface area contributed by atoms with Gasteiger partial charge in [-0.2, -0.15) is 0 Å². The minimum atomic E-state index is -3.67. The summed E-state index contributed by atoms with van der Waals surface area (Å²) in [6.45, 7) is 7.74. The fourth-order valence-corrected chi connectivity index (χ4v) is 5.22. The normalized spacial score (nSPS) is 17.7. The lowest BCUT2D eigenvalue weighted by atomic mass is 9.99. The molecule has 1 aliphatic heterocycles. The van der Waals surface area contributed by atoms with Gasteiger partial charge in [-0.3, -0.25) is 9.10 Å². The molecule has 0 spiro atoms. The van der Waals surface area contributed by atoms with E-state index in [0.29, 0.717) is 22.2 Å². The van der Waals surface area contributed by atoms with Crippen LogP contribution in [0.15, 0.2) is 42.5 Å². The van der Waals surface area contributed by atoms with Crippen molar-refractivity contribution < 1.29 is 13.2 Å². The van der Waals surface area contributed by atoms with Crippen molar-refractivity contribution >= 4 is 38.9 Å². The largest absolute Gasteiger partial charge is 0.371 e. The highest BCUT2D eigenvalue weighted by Gasteiger charge is 2.24. The van der Waals surface area contributed by atoms with Crippen LogP contribution in [-0.2, 0) is 14.8 Å². The molecule has 2 aromatic rings. The third-order valence-electron chi connectivity index (χ3n) is 5.99. The average molecular weight is 478 g/mol. The molecule has 174 valence electrons. The standard InChI is InChI=1S/C24H32ClN3O3S/c1-17-7-6-14-27(15-17)21-12-10-20(11-13-21)19(3)26-24(29)16-28(32(4,30)31)23-9-5-8-22(25)18(23)2/h5,8-13,17,19H,6-7,14-16H2,1-4H3,(H,26,29). The number of sulfonamides is 1. The highest BCUT2D eigenvalue weighted by atomic mass is 35.5. The molecule has 2 atom stereocenters. The quantitative estimate of drug-likeness (QED) is 0.636. The van der Waals surface area contributed by atoms with Crippen molar-refractivity contribution in [2.24, 2.45) is 5.92 Å². The molecule has 1 amide bonds. The fraction of sp³-hybridized carbons (Fsp3) is 0.458. The minimum absolute atomic E-state index is 0.251. The number of carbonyl (C=O) groups excluding carboxylic acids is 1. The van der Waals surface area contributed by atoms with Crippen molar-refractivity contribution in [3.05, 3.63) is 58.6 Å². The second kappa shape index (κ2) is 10.1. The van der Waals surface area contributed by atoms with Crippen LogP contribution >= 0.6 is 11.6 Å². The molecule has 1 saturated heterocycles. The van der Waals surface area contributed by atoms with Crippen LogP contribution in [0.25, 0.3) is 0 Å². The van der Waals surface area contributed by atoms with E-state index >= 15 is 0 Å². The molecule has 8 heteroatoms. The summed E-state index contributed by atoms with van der Waals surface area (Å²) in [6, 6.07) is 13.0. The Morgan fingerprint density at radius 3 is 2.56 bits per heavy atom. The van der Waals surface area contributed by atoms with Gasteiger partial charge >= 0.3 is 0 Å². The van der Waals surface area contributed by atoms with Crippen LogP contribution in [0.5, 0.6) is 0 Å². The van der Waals surface area contributed by atoms with E-state index in [1.807, 2.05) is 19.1 Å². The lowest BCUT2D eigenvalue weighted by molar-refractivity contribution is -0.120. The van der Waals surface area contributed by atoms with Crippen molar-refractivity contribution in [2.75, 3.05) is 35.1 Å². The predicted molar refractivity (Wildman–Crippen MR) is 132 cm³/mol. The van der Waals surface area contributed by atoms with Gasteiger partial charge in [-0.15, -0.1) is 0 Å². The third kappa shape index (κ3) is 5.95. The molecule has 6 nitrogen and oxygen atoms in total. The Labute approximate surface area is 196 Å². The number of carbonyl (C=O) groups is 1. The maximum atomic E-state index is 12.7. The Kier molecular flexibility index (Phi) is 7.72. The number of hydrogen-bond acceptors (Lipinski definition) is 4. The first-order chi connectivity index (χ1) is 15.1. The molecular weight excluding hydrogens is 446 g/mol. The smallest absolute Gasteiger partial charge is 0.241 e. The van der Waals surface area contributed by atoms with Crippen molar-refractivity contribution in [2.45, 2.75) is 39.7 Å². The van der Waals surface area contributed by atoms with Gasteiger partial charge in [-0.05, 0) is 68.0 Å². The maximum Gasteiger partial charge on any atom is 0.241 e. The summed E-state index contributed by atoms with van der Waals surface area (Å²) in [7, 11) is -3.67. The maximum absolute atomic E-state index is 12.7. The van der Waals surface area contributed by atoms with Gasteiger partial charge in [-0.25, -0.2) is 8.42 Å². The molecule has 0 aromatic heterocycles. The summed E-state index contributed by atoms with van der Waals surface area (Å²) in [4.78, 5) is 15.1. The van der Waals surface area contributed by atoms with Crippen molar-refractivity contribution in [3.63, 3.8) is 0 Å². The van der Waals surface area contributed by atoms with Crippen LogP contribution in [0.3, 0.4) is 0 Å². The molecule has 0 aliphatic carbocycles. The van der Waals surface area contributed by atoms with Crippen molar-refractivity contribution in [3.8, 4) is 0 Å². The van der Waals surface area contributed by atoms with E-state index in [1.54, 1.807) is 25.1 Å². The Balaban J connectivity index is 1.68. The van der Waals surface area contributed by atoms with Crippen molar-refractivity contribution in [1.29, 1.82) is 0 Å². The Morgan fingerprint density at radius 2 is 1.94 bits per heavy atom. The highest BCUT2D eigenvalue weighted by molar-refractivity contribution is 7.92. The predicted octanol–water partition coefficient (Wildman–Crippen LogP) is 4.53. The van der Waals surface area contributed by atoms with Gasteiger partial charge < -0.3 is 10.2 Å². The number of hydrogen-bond donors (Lipinski definition) is 1. The molecule has 32 heavy (non-hydrogen) atoms. The van der Waals surface area contributed by atoms with Crippen LogP contribution in [0.2, 0.25) is 5.02 Å². The number of benzene rings is 2. The van der Waals surface area contributed by atoms with Crippen LogP contribution in [0.4, 0.5) is 11.4 Å². The fourth-order valence-electron chi connectivity index (χ4n) is 4.15. The molecule has 1 fully saturated rings. The topological polar surface area (TPSA) is 69.7 Å². The zero-order valence-corrected chi connectivity index (χ0v) is 20.7. The van der Waals surface area contributed by atoms with E-state index < -0.39 is 10.0 Å². The first kappa shape index (κ1) is 24.4. The first-order valence-electron chi connectivity index (χ1n) is 10.9. The number of piperidine rings is 1. The third-order valence-corrected chi connectivity index (χ3v) is 7.52. The summed E-state index contributed by atoms with van der Waals surface area (Å²) in [5.74, 6) is 0.318. The van der Waals surface area contributed by atoms with Crippen LogP contribution in [-0.4, -0.2) is 40.2 Å². The van der Waals surface area contributed by atoms with Gasteiger partial charge in [0.1, 0.15) is 6.54 Å². The summed E-state index contributed by atoms with van der Waals surface area (Å²) in [5.41, 5.74) is 3.18. The molecular formula is C24H32ClN3O3S. The van der Waals surface area contributed by atoms with Crippen LogP contribution in [0, 0.1) is 12.8 Å². The SMILES string of the molecule is Cc1c(Cl)cccc1N(CC(=O)NC(C)c1ccc(N2CCCC(C)C2)cc1)S(C)(=O)=O. The zero-order valence-electron chi connectivity index (χ0n) is 19.1. The monoisotopic (exact) mass is 477 g/mol. The lowest BCUT2D eigenvalue weighted by Gasteiger charge is -2.33. The van der Waals surface area contributed by atoms with Gasteiger partial charge in [0.05, 0.1) is 18.0 Å². The van der Waals surface area contributed by atoms with E-state index in [0.717, 1.165) is 29.2 Å². The number of nitrogens with zero attached hydrogens (tertiary/aromatic N) is 2. The number of anilines is 2. The van der Waals surface area contributed by atoms with Gasteiger partial charge in [0.2, 0.25) is 15.9 Å². The second-order valence-corrected chi connectivity index (χ2v) is 11.0. The van der Waals surface area contributed by atoms with Gasteiger partial charge in [-0.1, -0.05) is 36.7 Å². The van der Waals surface area contributed by atoms with Crippen molar-refractivity contribution in [1.82, 2.24) is 5.32 Å². The molecule has 2 unspecified atom stereocenters. The molecule has 1 heterocycles. The van der Waals surface area contributed by atoms with Gasteiger partial charge in [0.15, 0.2) is 0 Å². The summed E-state index contributed by atoms with van der Waals surface area (Å²) in [6.07, 6.45) is 3.57. The zero-order chi connectivity index (χ0) is 23.5. The lowest BCUT2D eigenvalue weighted by Crippen LogP contribution is -2.41. The number of amides is 1. The number of halogens is 1. The van der Waals surface area contributed by atoms with E-state index in [1.165, 1.54) is 18.5 Å². The van der Waals surface area contributed by atoms with E-state index in [9.17, 15) is 13.2 Å². The van der Waals surface area contributed by atoms with E-state index in [-0.39, 0.29) is 18.5 Å². The van der Waals surface area contributed by atoms with E-state index in [2.05, 4.69) is 29.3 Å². The summed E-state index contributed by atoms with van der Waals surface area (Å²) >= 11 is 6.16. The van der Waals surface area contributed by atoms with Crippen LogP contribution in [0.1, 0.15) is 43.9 Å². The minimum Gasteiger partial charge on any atom is -0.371 e.